The third-order valence-corrected chi connectivity index (χ3v) is 4.34. The highest BCUT2D eigenvalue weighted by atomic mass is 32.2. The van der Waals surface area contributed by atoms with Gasteiger partial charge < -0.3 is 4.74 Å². The third-order valence-electron chi connectivity index (χ3n) is 3.29. The summed E-state index contributed by atoms with van der Waals surface area (Å²) in [5.74, 6) is 1.70. The number of carbonyl (C=O) groups is 1. The van der Waals surface area contributed by atoms with Gasteiger partial charge in [0, 0.05) is 11.5 Å². The van der Waals surface area contributed by atoms with Crippen molar-refractivity contribution in [3.63, 3.8) is 0 Å². The van der Waals surface area contributed by atoms with E-state index in [1.807, 2.05) is 30.0 Å². The van der Waals surface area contributed by atoms with Gasteiger partial charge in [0.1, 0.15) is 0 Å². The highest BCUT2D eigenvalue weighted by Crippen LogP contribution is 2.21. The van der Waals surface area contributed by atoms with Gasteiger partial charge >= 0.3 is 5.97 Å². The van der Waals surface area contributed by atoms with E-state index in [0.717, 1.165) is 17.1 Å². The molecular formula is C18H20O2S. The first-order chi connectivity index (χ1) is 10.2. The molecule has 0 radical (unpaired) electrons. The minimum atomic E-state index is -0.189. The molecule has 0 heterocycles. The minimum absolute atomic E-state index is 0.189. The number of esters is 1. The zero-order valence-corrected chi connectivity index (χ0v) is 13.3. The second-order valence-electron chi connectivity index (χ2n) is 5.00. The molecular weight excluding hydrogens is 280 g/mol. The first-order valence-electron chi connectivity index (χ1n) is 6.96. The largest absolute Gasteiger partial charge is 0.469 e. The summed E-state index contributed by atoms with van der Waals surface area (Å²) in [6.07, 6.45) is 0.345. The predicted molar refractivity (Wildman–Crippen MR) is 88.3 cm³/mol. The van der Waals surface area contributed by atoms with Gasteiger partial charge in [0.05, 0.1) is 13.5 Å². The van der Waals surface area contributed by atoms with Gasteiger partial charge in [-0.2, -0.15) is 11.8 Å². The van der Waals surface area contributed by atoms with Crippen LogP contribution in [0.2, 0.25) is 0 Å². The lowest BCUT2D eigenvalue weighted by Gasteiger charge is -2.09. The Labute approximate surface area is 130 Å². The van der Waals surface area contributed by atoms with Crippen LogP contribution in [0.5, 0.6) is 0 Å². The molecule has 2 aromatic carbocycles. The summed E-state index contributed by atoms with van der Waals surface area (Å²) in [5.41, 5.74) is 4.89. The fourth-order valence-electron chi connectivity index (χ4n) is 2.18. The lowest BCUT2D eigenvalue weighted by atomic mass is 10.1. The maximum absolute atomic E-state index is 11.4. The van der Waals surface area contributed by atoms with Crippen LogP contribution in [0, 0.1) is 6.92 Å². The van der Waals surface area contributed by atoms with Gasteiger partial charge in [0.15, 0.2) is 0 Å². The quantitative estimate of drug-likeness (QED) is 0.750. The predicted octanol–water partition coefficient (Wildman–Crippen LogP) is 4.14. The molecule has 2 aromatic rings. The Hall–Kier alpha value is -1.74. The molecule has 110 valence electrons. The number of carbonyl (C=O) groups excluding carboxylic acids is 1. The number of aryl methyl sites for hydroxylation is 1. The van der Waals surface area contributed by atoms with Gasteiger partial charge in [0.25, 0.3) is 0 Å². The molecule has 0 unspecified atom stereocenters. The zero-order valence-electron chi connectivity index (χ0n) is 12.5. The molecule has 0 aromatic heterocycles. The summed E-state index contributed by atoms with van der Waals surface area (Å²) in [7, 11) is 1.43. The van der Waals surface area contributed by atoms with Gasteiger partial charge in [-0.1, -0.05) is 54.1 Å². The van der Waals surface area contributed by atoms with E-state index in [0.29, 0.717) is 6.42 Å². The number of ether oxygens (including phenoxy) is 1. The Morgan fingerprint density at radius 1 is 1.05 bits per heavy atom. The summed E-state index contributed by atoms with van der Waals surface area (Å²) in [6.45, 7) is 2.11. The average molecular weight is 300 g/mol. The fraction of sp³-hybridized carbons (Fsp3) is 0.278. The number of hydrogen-bond donors (Lipinski definition) is 0. The lowest BCUT2D eigenvalue weighted by molar-refractivity contribution is -0.139. The smallest absolute Gasteiger partial charge is 0.309 e. The molecule has 0 aliphatic heterocycles. The first-order valence-corrected chi connectivity index (χ1v) is 8.11. The van der Waals surface area contributed by atoms with E-state index in [-0.39, 0.29) is 5.97 Å². The van der Waals surface area contributed by atoms with Crippen LogP contribution in [0.4, 0.5) is 0 Å². The molecule has 0 aliphatic carbocycles. The SMILES string of the molecule is COC(=O)Cc1ccccc1CSCc1cccc(C)c1. The van der Waals surface area contributed by atoms with Crippen LogP contribution in [-0.4, -0.2) is 13.1 Å². The van der Waals surface area contributed by atoms with Crippen molar-refractivity contribution in [2.24, 2.45) is 0 Å². The summed E-state index contributed by atoms with van der Waals surface area (Å²) >= 11 is 1.86. The molecule has 2 nitrogen and oxygen atoms in total. The van der Waals surface area contributed by atoms with Crippen LogP contribution < -0.4 is 0 Å². The van der Waals surface area contributed by atoms with Crippen molar-refractivity contribution < 1.29 is 9.53 Å². The first kappa shape index (κ1) is 15.6. The van der Waals surface area contributed by atoms with E-state index in [1.54, 1.807) is 0 Å². The van der Waals surface area contributed by atoms with Crippen molar-refractivity contribution in [1.82, 2.24) is 0 Å². The molecule has 21 heavy (non-hydrogen) atoms. The van der Waals surface area contributed by atoms with Gasteiger partial charge in [-0.25, -0.2) is 0 Å². The average Bonchev–Trinajstić information content (AvgIpc) is 2.49. The van der Waals surface area contributed by atoms with Crippen molar-refractivity contribution >= 4 is 17.7 Å². The number of rotatable bonds is 6. The maximum Gasteiger partial charge on any atom is 0.309 e. The molecule has 2 rings (SSSR count). The zero-order chi connectivity index (χ0) is 15.1. The normalized spacial score (nSPS) is 10.4. The maximum atomic E-state index is 11.4. The third kappa shape index (κ3) is 4.94. The Morgan fingerprint density at radius 3 is 2.52 bits per heavy atom. The topological polar surface area (TPSA) is 26.3 Å². The van der Waals surface area contributed by atoms with Crippen molar-refractivity contribution in [3.8, 4) is 0 Å². The van der Waals surface area contributed by atoms with Crippen LogP contribution in [0.15, 0.2) is 48.5 Å². The number of thioether (sulfide) groups is 1. The van der Waals surface area contributed by atoms with Crippen molar-refractivity contribution in [2.75, 3.05) is 7.11 Å². The number of methoxy groups -OCH3 is 1. The summed E-state index contributed by atoms with van der Waals surface area (Å²) in [6, 6.07) is 16.6. The highest BCUT2D eigenvalue weighted by molar-refractivity contribution is 7.97. The highest BCUT2D eigenvalue weighted by Gasteiger charge is 2.07. The summed E-state index contributed by atoms with van der Waals surface area (Å²) < 4.78 is 4.75. The minimum Gasteiger partial charge on any atom is -0.469 e. The van der Waals surface area contributed by atoms with E-state index in [1.165, 1.54) is 23.8 Å². The second-order valence-corrected chi connectivity index (χ2v) is 5.99. The van der Waals surface area contributed by atoms with Crippen LogP contribution >= 0.6 is 11.8 Å². The molecule has 0 saturated carbocycles. The second kappa shape index (κ2) is 7.89. The summed E-state index contributed by atoms with van der Waals surface area (Å²) in [5, 5.41) is 0. The molecule has 0 bridgehead atoms. The van der Waals surface area contributed by atoms with Crippen LogP contribution in [0.3, 0.4) is 0 Å². The molecule has 0 N–H and O–H groups in total. The van der Waals surface area contributed by atoms with Crippen molar-refractivity contribution in [1.29, 1.82) is 0 Å². The fourth-order valence-corrected chi connectivity index (χ4v) is 3.20. The standard InChI is InChI=1S/C18H20O2S/c1-14-6-5-7-15(10-14)12-21-13-17-9-4-3-8-16(17)11-18(19)20-2/h3-10H,11-13H2,1-2H3. The van der Waals surface area contributed by atoms with Gasteiger partial charge in [-0.3, -0.25) is 4.79 Å². The van der Waals surface area contributed by atoms with E-state index in [9.17, 15) is 4.79 Å². The van der Waals surface area contributed by atoms with Crippen molar-refractivity contribution in [2.45, 2.75) is 24.9 Å². The van der Waals surface area contributed by atoms with Gasteiger partial charge in [-0.15, -0.1) is 0 Å². The van der Waals surface area contributed by atoms with E-state index >= 15 is 0 Å². The number of benzene rings is 2. The molecule has 0 fully saturated rings. The Morgan fingerprint density at radius 2 is 1.81 bits per heavy atom. The Bertz CT molecular complexity index is 608. The van der Waals surface area contributed by atoms with E-state index in [4.69, 9.17) is 4.74 Å². The van der Waals surface area contributed by atoms with E-state index < -0.39 is 0 Å². The Kier molecular flexibility index (Phi) is 5.88. The van der Waals surface area contributed by atoms with Crippen LogP contribution in [0.1, 0.15) is 22.3 Å². The van der Waals surface area contributed by atoms with Gasteiger partial charge in [-0.05, 0) is 23.6 Å². The van der Waals surface area contributed by atoms with Crippen LogP contribution in [0.25, 0.3) is 0 Å². The molecule has 3 heteroatoms. The molecule has 0 saturated heterocycles. The summed E-state index contributed by atoms with van der Waals surface area (Å²) in [4.78, 5) is 11.4. The number of hydrogen-bond acceptors (Lipinski definition) is 3. The molecule has 0 spiro atoms. The Balaban J connectivity index is 1.95. The van der Waals surface area contributed by atoms with Gasteiger partial charge in [0.2, 0.25) is 0 Å². The molecule has 0 amide bonds. The van der Waals surface area contributed by atoms with Crippen molar-refractivity contribution in [3.05, 3.63) is 70.8 Å². The van der Waals surface area contributed by atoms with Crippen LogP contribution in [-0.2, 0) is 27.5 Å². The monoisotopic (exact) mass is 300 g/mol. The van der Waals surface area contributed by atoms with E-state index in [2.05, 4.69) is 37.3 Å². The molecule has 0 aliphatic rings. The lowest BCUT2D eigenvalue weighted by Crippen LogP contribution is -2.06. The molecule has 0 atom stereocenters.